The van der Waals surface area contributed by atoms with E-state index in [-0.39, 0.29) is 23.1 Å². The van der Waals surface area contributed by atoms with Crippen molar-refractivity contribution in [3.8, 4) is 10.6 Å². The van der Waals surface area contributed by atoms with E-state index in [1.165, 1.54) is 33.5 Å². The molecule has 1 aliphatic heterocycles. The molecule has 218 valence electrons. The summed E-state index contributed by atoms with van der Waals surface area (Å²) in [6.07, 6.45) is 9.04. The van der Waals surface area contributed by atoms with Crippen molar-refractivity contribution in [1.82, 2.24) is 24.6 Å². The van der Waals surface area contributed by atoms with Crippen molar-refractivity contribution >= 4 is 55.5 Å². The number of carbonyl (C=O) groups is 1. The van der Waals surface area contributed by atoms with Crippen LogP contribution < -0.4 is 27.1 Å². The Morgan fingerprint density at radius 3 is 2.81 bits per heavy atom. The predicted molar refractivity (Wildman–Crippen MR) is 160 cm³/mol. The monoisotopic (exact) mass is 607 g/mol. The van der Waals surface area contributed by atoms with Crippen LogP contribution in [0.4, 0.5) is 10.9 Å². The maximum Gasteiger partial charge on any atom is 0.254 e. The number of primary amides is 1. The maximum absolute atomic E-state index is 12.9. The van der Waals surface area contributed by atoms with E-state index in [1.54, 1.807) is 18.5 Å². The third-order valence-corrected chi connectivity index (χ3v) is 9.99. The highest BCUT2D eigenvalue weighted by Gasteiger charge is 2.26. The molecule has 1 amide bonds. The first-order valence-electron chi connectivity index (χ1n) is 13.8. The molecule has 42 heavy (non-hydrogen) atoms. The number of hydrogen-bond acceptors (Lipinski definition) is 13. The van der Waals surface area contributed by atoms with Gasteiger partial charge in [0.05, 0.1) is 34.2 Å². The standard InChI is InChI=1S/C27H29N9O4S2/c28-16-3-1-2-4-17(16)33-27-34-18(21(24(29)38)25-31-13-32-36(25)27)9-14-11-30-26(41-14)15-12-40-22-19(37)10-20(42-23(15)22)35-5-7-39-8-6-35/h10-13,16-17H,1-9,28H2,(H2,29,38)(H,33,34)/t16-,17+/m1/s1. The summed E-state index contributed by atoms with van der Waals surface area (Å²) < 4.78 is 13.4. The lowest BCUT2D eigenvalue weighted by molar-refractivity contribution is 0.1000. The summed E-state index contributed by atoms with van der Waals surface area (Å²) in [4.78, 5) is 42.3. The molecule has 1 saturated heterocycles. The molecule has 0 spiro atoms. The Labute approximate surface area is 247 Å². The molecule has 0 unspecified atom stereocenters. The average molecular weight is 608 g/mol. The van der Waals surface area contributed by atoms with Crippen molar-refractivity contribution < 1.29 is 13.9 Å². The van der Waals surface area contributed by atoms with Gasteiger partial charge in [-0.3, -0.25) is 9.59 Å². The number of anilines is 2. The van der Waals surface area contributed by atoms with Crippen LogP contribution in [0.1, 0.15) is 46.6 Å². The van der Waals surface area contributed by atoms with E-state index >= 15 is 0 Å². The number of nitrogens with zero attached hydrogens (tertiary/aromatic N) is 6. The van der Waals surface area contributed by atoms with E-state index in [9.17, 15) is 9.59 Å². The van der Waals surface area contributed by atoms with Gasteiger partial charge in [-0.1, -0.05) is 12.8 Å². The molecule has 13 nitrogen and oxygen atoms in total. The van der Waals surface area contributed by atoms with Crippen molar-refractivity contribution in [2.75, 3.05) is 36.5 Å². The average Bonchev–Trinajstić information content (AvgIpc) is 3.75. The van der Waals surface area contributed by atoms with Gasteiger partial charge in [0.2, 0.25) is 11.4 Å². The first kappa shape index (κ1) is 26.9. The van der Waals surface area contributed by atoms with Crippen LogP contribution in [0.15, 0.2) is 34.1 Å². The highest BCUT2D eigenvalue weighted by molar-refractivity contribution is 7.23. The van der Waals surface area contributed by atoms with Crippen molar-refractivity contribution in [1.29, 1.82) is 0 Å². The first-order valence-corrected chi connectivity index (χ1v) is 15.5. The highest BCUT2D eigenvalue weighted by Crippen LogP contribution is 2.38. The van der Waals surface area contributed by atoms with E-state index in [4.69, 9.17) is 25.6 Å². The number of aromatic nitrogens is 5. The molecular formula is C27H29N9O4S2. The van der Waals surface area contributed by atoms with Crippen molar-refractivity contribution in [3.05, 3.63) is 51.2 Å². The van der Waals surface area contributed by atoms with Crippen LogP contribution in [0, 0.1) is 0 Å². The number of amides is 1. The third-order valence-electron chi connectivity index (χ3n) is 7.76. The van der Waals surface area contributed by atoms with Gasteiger partial charge >= 0.3 is 0 Å². The summed E-state index contributed by atoms with van der Waals surface area (Å²) in [5.74, 6) is -0.168. The van der Waals surface area contributed by atoms with E-state index in [2.05, 4.69) is 25.3 Å². The van der Waals surface area contributed by atoms with Gasteiger partial charge < -0.3 is 30.8 Å². The molecule has 5 aromatic heterocycles. The quantitative estimate of drug-likeness (QED) is 0.247. The molecule has 1 saturated carbocycles. The van der Waals surface area contributed by atoms with Crippen molar-refractivity contribution in [3.63, 3.8) is 0 Å². The fourth-order valence-electron chi connectivity index (χ4n) is 5.60. The molecule has 5 N–H and O–H groups in total. The minimum Gasteiger partial charge on any atom is -0.459 e. The second-order valence-corrected chi connectivity index (χ2v) is 12.6. The van der Waals surface area contributed by atoms with E-state index < -0.39 is 5.91 Å². The minimum absolute atomic E-state index is 0.00769. The van der Waals surface area contributed by atoms with Crippen LogP contribution in [0.5, 0.6) is 0 Å². The highest BCUT2D eigenvalue weighted by atomic mass is 32.1. The Kier molecular flexibility index (Phi) is 7.09. The molecule has 1 aliphatic carbocycles. The first-order chi connectivity index (χ1) is 20.5. The lowest BCUT2D eigenvalue weighted by Crippen LogP contribution is -2.43. The van der Waals surface area contributed by atoms with Gasteiger partial charge in [0.25, 0.3) is 5.91 Å². The number of thiazole rings is 1. The van der Waals surface area contributed by atoms with Crippen LogP contribution in [-0.4, -0.2) is 68.9 Å². The zero-order chi connectivity index (χ0) is 28.8. The fourth-order valence-corrected chi connectivity index (χ4v) is 7.78. The van der Waals surface area contributed by atoms with Crippen LogP contribution in [-0.2, 0) is 11.2 Å². The lowest BCUT2D eigenvalue weighted by Gasteiger charge is -2.29. The topological polar surface area (TPSA) is 180 Å². The lowest BCUT2D eigenvalue weighted by atomic mass is 9.91. The second kappa shape index (κ2) is 11.1. The van der Waals surface area contributed by atoms with Crippen LogP contribution in [0.3, 0.4) is 0 Å². The fraction of sp³-hybridized carbons (Fsp3) is 0.407. The second-order valence-electron chi connectivity index (χ2n) is 10.5. The van der Waals surface area contributed by atoms with Gasteiger partial charge in [-0.05, 0) is 12.8 Å². The van der Waals surface area contributed by atoms with Gasteiger partial charge in [-0.25, -0.2) is 15.0 Å². The zero-order valence-corrected chi connectivity index (χ0v) is 24.2. The van der Waals surface area contributed by atoms with Crippen molar-refractivity contribution in [2.45, 2.75) is 44.2 Å². The molecule has 2 atom stereocenters. The maximum atomic E-state index is 12.9. The molecule has 7 rings (SSSR count). The number of nitrogens with two attached hydrogens (primary N) is 2. The Morgan fingerprint density at radius 1 is 1.17 bits per heavy atom. The molecular weight excluding hydrogens is 578 g/mol. The van der Waals surface area contributed by atoms with Gasteiger partial charge in [0, 0.05) is 48.7 Å². The van der Waals surface area contributed by atoms with Crippen molar-refractivity contribution in [2.24, 2.45) is 11.5 Å². The largest absolute Gasteiger partial charge is 0.459 e. The molecule has 0 bridgehead atoms. The number of furan rings is 1. The SMILES string of the molecule is NC(=O)c1c(Cc2cnc(-c3coc4c(=O)cc(N5CCOCC5)sc34)s2)nc(N[C@H]2CCCC[C@H]2N)n2ncnc12. The Bertz CT molecular complexity index is 1840. The van der Waals surface area contributed by atoms with E-state index in [0.29, 0.717) is 47.5 Å². The minimum atomic E-state index is -0.637. The van der Waals surface area contributed by atoms with E-state index in [0.717, 1.165) is 58.9 Å². The number of fused-ring (bicyclic) bond motifs is 2. The number of rotatable bonds is 7. The van der Waals surface area contributed by atoms with Gasteiger partial charge in [-0.15, -0.1) is 22.7 Å². The molecule has 0 radical (unpaired) electrons. The summed E-state index contributed by atoms with van der Waals surface area (Å²) in [6.45, 7) is 2.70. The summed E-state index contributed by atoms with van der Waals surface area (Å²) in [7, 11) is 0. The number of ether oxygens (including phenoxy) is 1. The summed E-state index contributed by atoms with van der Waals surface area (Å²) >= 11 is 2.95. The van der Waals surface area contributed by atoms with E-state index in [1.807, 2.05) is 0 Å². The molecule has 6 heterocycles. The molecule has 2 fully saturated rings. The molecule has 15 heteroatoms. The predicted octanol–water partition coefficient (Wildman–Crippen LogP) is 2.62. The normalized spacial score (nSPS) is 19.5. The van der Waals surface area contributed by atoms with Crippen LogP contribution >= 0.6 is 22.7 Å². The third kappa shape index (κ3) is 4.91. The van der Waals surface area contributed by atoms with Crippen LogP contribution in [0.25, 0.3) is 26.5 Å². The molecule has 2 aliphatic rings. The number of hydrogen-bond donors (Lipinski definition) is 3. The zero-order valence-electron chi connectivity index (χ0n) is 22.6. The Hall–Kier alpha value is -3.92. The summed E-state index contributed by atoms with van der Waals surface area (Å²) in [5.41, 5.74) is 14.1. The molecule has 0 aromatic carbocycles. The number of carbonyl (C=O) groups excluding carboxylic acids is 1. The Morgan fingerprint density at radius 2 is 2.00 bits per heavy atom. The van der Waals surface area contributed by atoms with Gasteiger partial charge in [0.1, 0.15) is 23.2 Å². The Balaban J connectivity index is 1.23. The summed E-state index contributed by atoms with van der Waals surface area (Å²) in [5, 5.41) is 9.32. The summed E-state index contributed by atoms with van der Waals surface area (Å²) in [6, 6.07) is 1.65. The van der Waals surface area contributed by atoms with Gasteiger partial charge in [-0.2, -0.15) is 9.61 Å². The van der Waals surface area contributed by atoms with Gasteiger partial charge in [0.15, 0.2) is 11.2 Å². The smallest absolute Gasteiger partial charge is 0.254 e. The number of morpholine rings is 1. The molecule has 5 aromatic rings. The number of nitrogens with one attached hydrogen (secondary N) is 1. The van der Waals surface area contributed by atoms with Crippen LogP contribution in [0.2, 0.25) is 0 Å².